The zero-order valence-electron chi connectivity index (χ0n) is 20.2. The van der Waals surface area contributed by atoms with E-state index < -0.39 is 29.7 Å². The summed E-state index contributed by atoms with van der Waals surface area (Å²) in [6.07, 6.45) is 9.94. The van der Waals surface area contributed by atoms with Crippen molar-refractivity contribution in [2.75, 3.05) is 20.3 Å². The molecule has 5 rings (SSSR count). The third-order valence-electron chi connectivity index (χ3n) is 10.4. The smallest absolute Gasteiger partial charge is 0.209 e. The summed E-state index contributed by atoms with van der Waals surface area (Å²) in [7, 11) is 1.65. The van der Waals surface area contributed by atoms with Crippen molar-refractivity contribution in [1.82, 2.24) is 0 Å². The number of ether oxygens (including phenoxy) is 4. The minimum atomic E-state index is -0.874. The molecular formula is C26H42O6. The van der Waals surface area contributed by atoms with Gasteiger partial charge in [-0.1, -0.05) is 26.0 Å². The zero-order chi connectivity index (χ0) is 22.7. The van der Waals surface area contributed by atoms with Gasteiger partial charge in [-0.2, -0.15) is 0 Å². The third kappa shape index (κ3) is 3.28. The number of fused-ring (bicyclic) bond motifs is 5. The Morgan fingerprint density at radius 2 is 1.78 bits per heavy atom. The fraction of sp³-hybridized carbons (Fsp3) is 0.923. The Morgan fingerprint density at radius 3 is 2.50 bits per heavy atom. The predicted molar refractivity (Wildman–Crippen MR) is 120 cm³/mol. The molecule has 0 bridgehead atoms. The number of hydrogen-bond acceptors (Lipinski definition) is 6. The number of methoxy groups -OCH3 is 1. The van der Waals surface area contributed by atoms with Crippen molar-refractivity contribution in [2.45, 2.75) is 96.1 Å². The Bertz CT molecular complexity index is 721. The summed E-state index contributed by atoms with van der Waals surface area (Å²) in [6.45, 7) is 7.94. The topological polar surface area (TPSA) is 77.4 Å². The minimum Gasteiger partial charge on any atom is -0.392 e. The molecule has 3 saturated carbocycles. The van der Waals surface area contributed by atoms with Crippen LogP contribution in [-0.4, -0.2) is 60.9 Å². The molecule has 1 heterocycles. The van der Waals surface area contributed by atoms with Gasteiger partial charge in [0.15, 0.2) is 0 Å². The van der Waals surface area contributed by atoms with E-state index in [1.54, 1.807) is 7.11 Å². The van der Waals surface area contributed by atoms with E-state index in [0.717, 1.165) is 38.5 Å². The van der Waals surface area contributed by atoms with E-state index in [1.807, 2.05) is 0 Å². The van der Waals surface area contributed by atoms with Crippen molar-refractivity contribution in [3.63, 3.8) is 0 Å². The fourth-order valence-corrected chi connectivity index (χ4v) is 8.57. The first-order valence-electron chi connectivity index (χ1n) is 12.8. The molecule has 2 N–H and O–H groups in total. The molecule has 6 nitrogen and oxygen atoms in total. The van der Waals surface area contributed by atoms with E-state index in [-0.39, 0.29) is 11.5 Å². The van der Waals surface area contributed by atoms with Crippen molar-refractivity contribution >= 4 is 0 Å². The van der Waals surface area contributed by atoms with Crippen LogP contribution in [0.15, 0.2) is 12.2 Å². The minimum absolute atomic E-state index is 0.0414. The largest absolute Gasteiger partial charge is 0.392 e. The summed E-state index contributed by atoms with van der Waals surface area (Å²) < 4.78 is 23.2. The van der Waals surface area contributed by atoms with Crippen molar-refractivity contribution < 1.29 is 29.2 Å². The first-order valence-corrected chi connectivity index (χ1v) is 12.8. The van der Waals surface area contributed by atoms with Gasteiger partial charge in [0.2, 0.25) is 12.6 Å². The molecule has 4 fully saturated rings. The maximum Gasteiger partial charge on any atom is 0.209 e. The zero-order valence-corrected chi connectivity index (χ0v) is 20.2. The van der Waals surface area contributed by atoms with Crippen LogP contribution in [0.2, 0.25) is 0 Å². The van der Waals surface area contributed by atoms with Gasteiger partial charge in [-0.3, -0.25) is 0 Å². The molecule has 0 amide bonds. The molecule has 0 aromatic heterocycles. The van der Waals surface area contributed by atoms with E-state index in [0.29, 0.717) is 36.9 Å². The van der Waals surface area contributed by atoms with Crippen LogP contribution < -0.4 is 0 Å². The molecule has 0 radical (unpaired) electrons. The molecule has 1 aliphatic heterocycles. The van der Waals surface area contributed by atoms with Gasteiger partial charge >= 0.3 is 0 Å². The SMILES string of the molecule is COC(OC(C)[C@H]1CC[C@H]2[C@@H]3C=CC4(O)CCCC(O)[C@]4(C)[C@H]3CC[C@]12C)C1OCCO1. The maximum atomic E-state index is 11.5. The van der Waals surface area contributed by atoms with Gasteiger partial charge in [-0.15, -0.1) is 0 Å². The average Bonchev–Trinajstić information content (AvgIpc) is 3.41. The predicted octanol–water partition coefficient (Wildman–Crippen LogP) is 3.65. The molecule has 1 saturated heterocycles. The van der Waals surface area contributed by atoms with Crippen LogP contribution in [0, 0.1) is 34.5 Å². The molecule has 182 valence electrons. The van der Waals surface area contributed by atoms with Crippen LogP contribution in [-0.2, 0) is 18.9 Å². The molecule has 0 aromatic rings. The Kier molecular flexibility index (Phi) is 6.04. The van der Waals surface area contributed by atoms with Crippen molar-refractivity contribution in [3.8, 4) is 0 Å². The Balaban J connectivity index is 1.36. The van der Waals surface area contributed by atoms with E-state index in [2.05, 4.69) is 32.9 Å². The lowest BCUT2D eigenvalue weighted by Gasteiger charge is -2.62. The third-order valence-corrected chi connectivity index (χ3v) is 10.4. The summed E-state index contributed by atoms with van der Waals surface area (Å²) >= 11 is 0. The Morgan fingerprint density at radius 1 is 1.03 bits per heavy atom. The van der Waals surface area contributed by atoms with Crippen LogP contribution in [0.25, 0.3) is 0 Å². The molecule has 5 aliphatic rings. The number of aliphatic hydroxyl groups is 2. The van der Waals surface area contributed by atoms with Gasteiger partial charge in [-0.05, 0) is 81.0 Å². The second kappa shape index (κ2) is 8.31. The highest BCUT2D eigenvalue weighted by atomic mass is 16.8. The van der Waals surface area contributed by atoms with E-state index in [1.165, 1.54) is 6.42 Å². The molecule has 4 aliphatic carbocycles. The molecule has 32 heavy (non-hydrogen) atoms. The maximum absolute atomic E-state index is 11.5. The van der Waals surface area contributed by atoms with Crippen LogP contribution in [0.5, 0.6) is 0 Å². The quantitative estimate of drug-likeness (QED) is 0.492. The van der Waals surface area contributed by atoms with E-state index in [9.17, 15) is 10.2 Å². The number of aliphatic hydroxyl groups excluding tert-OH is 1. The van der Waals surface area contributed by atoms with E-state index >= 15 is 0 Å². The first kappa shape index (κ1) is 23.3. The summed E-state index contributed by atoms with van der Waals surface area (Å²) in [4.78, 5) is 0. The lowest BCUT2D eigenvalue weighted by molar-refractivity contribution is -0.265. The summed E-state index contributed by atoms with van der Waals surface area (Å²) in [5.74, 6) is 1.71. The lowest BCUT2D eigenvalue weighted by atomic mass is 9.44. The van der Waals surface area contributed by atoms with Crippen molar-refractivity contribution in [3.05, 3.63) is 12.2 Å². The normalized spacial score (nSPS) is 50.5. The van der Waals surface area contributed by atoms with Gasteiger partial charge in [0, 0.05) is 12.5 Å². The number of allylic oxidation sites excluding steroid dienone is 1. The van der Waals surface area contributed by atoms with Gasteiger partial charge < -0.3 is 29.2 Å². The molecule has 6 heteroatoms. The lowest BCUT2D eigenvalue weighted by Crippen LogP contribution is -2.64. The summed E-state index contributed by atoms with van der Waals surface area (Å²) in [6, 6.07) is 0. The van der Waals surface area contributed by atoms with Crippen LogP contribution >= 0.6 is 0 Å². The monoisotopic (exact) mass is 450 g/mol. The molecule has 0 spiro atoms. The highest BCUT2D eigenvalue weighted by Gasteiger charge is 2.65. The second-order valence-electron chi connectivity index (χ2n) is 11.5. The fourth-order valence-electron chi connectivity index (χ4n) is 8.57. The molecule has 0 aromatic carbocycles. The summed E-state index contributed by atoms with van der Waals surface area (Å²) in [5, 5.41) is 22.6. The van der Waals surface area contributed by atoms with Crippen LogP contribution in [0.3, 0.4) is 0 Å². The highest BCUT2D eigenvalue weighted by molar-refractivity contribution is 5.25. The van der Waals surface area contributed by atoms with Crippen molar-refractivity contribution in [1.29, 1.82) is 0 Å². The van der Waals surface area contributed by atoms with Gasteiger partial charge in [0.05, 0.1) is 31.0 Å². The van der Waals surface area contributed by atoms with Gasteiger partial charge in [-0.25, -0.2) is 0 Å². The standard InChI is InChI=1S/C26H42O6/c1-16(32-22(29-4)23-30-14-15-31-23)18-7-8-19-17-9-13-26(28)11-5-6-21(27)25(26,3)20(17)10-12-24(18,19)2/h9,13,16-23,27-28H,5-8,10-12,14-15H2,1-4H3/t16?,17-,18+,19-,20-,21?,22?,24+,25-,26?/m0/s1. The highest BCUT2D eigenvalue weighted by Crippen LogP contribution is 2.67. The van der Waals surface area contributed by atoms with Crippen LogP contribution in [0.1, 0.15) is 65.7 Å². The number of hydrogen-bond donors (Lipinski definition) is 2. The molecular weight excluding hydrogens is 408 g/mol. The van der Waals surface area contributed by atoms with Crippen LogP contribution in [0.4, 0.5) is 0 Å². The number of rotatable bonds is 5. The van der Waals surface area contributed by atoms with Gasteiger partial charge in [0.25, 0.3) is 0 Å². The summed E-state index contributed by atoms with van der Waals surface area (Å²) in [5.41, 5.74) is -1.16. The molecule has 4 unspecified atom stereocenters. The Hall–Kier alpha value is -0.500. The van der Waals surface area contributed by atoms with E-state index in [4.69, 9.17) is 18.9 Å². The Labute approximate surface area is 192 Å². The molecule has 10 atom stereocenters. The second-order valence-corrected chi connectivity index (χ2v) is 11.5. The van der Waals surface area contributed by atoms with Crippen molar-refractivity contribution in [2.24, 2.45) is 34.5 Å². The van der Waals surface area contributed by atoms with Gasteiger partial charge in [0.1, 0.15) is 0 Å². The average molecular weight is 451 g/mol. The first-order chi connectivity index (χ1) is 15.2.